The highest BCUT2D eigenvalue weighted by Gasteiger charge is 2.43. The zero-order chi connectivity index (χ0) is 16.7. The Kier molecular flexibility index (Phi) is 8.24. The lowest BCUT2D eigenvalue weighted by Crippen LogP contribution is -2.59. The van der Waals surface area contributed by atoms with Crippen molar-refractivity contribution in [1.29, 1.82) is 0 Å². The van der Waals surface area contributed by atoms with Gasteiger partial charge in [-0.05, 0) is 33.6 Å². The molecule has 128 valence electrons. The first-order valence-corrected chi connectivity index (χ1v) is 7.58. The number of rotatable bonds is 7. The molecule has 0 aromatic rings. The average molecular weight is 316 g/mol. The predicted octanol–water partition coefficient (Wildman–Crippen LogP) is 0.496. The lowest BCUT2D eigenvalue weighted by molar-refractivity contribution is -0.298. The minimum atomic E-state index is -1.40. The van der Waals surface area contributed by atoms with Crippen molar-refractivity contribution in [2.75, 3.05) is 13.2 Å². The van der Waals surface area contributed by atoms with E-state index in [-0.39, 0.29) is 6.61 Å². The van der Waals surface area contributed by atoms with Gasteiger partial charge in [0.15, 0.2) is 6.29 Å². The van der Waals surface area contributed by atoms with E-state index in [1.165, 1.54) is 5.57 Å². The van der Waals surface area contributed by atoms with Gasteiger partial charge < -0.3 is 29.9 Å². The van der Waals surface area contributed by atoms with E-state index in [9.17, 15) is 15.3 Å². The summed E-state index contributed by atoms with van der Waals surface area (Å²) in [7, 11) is 0. The highest BCUT2D eigenvalue weighted by molar-refractivity contribution is 5.02. The lowest BCUT2D eigenvalue weighted by atomic mass is 9.99. The van der Waals surface area contributed by atoms with Crippen LogP contribution in [0.1, 0.15) is 33.6 Å². The van der Waals surface area contributed by atoms with Gasteiger partial charge in [0.2, 0.25) is 0 Å². The number of hydrogen-bond acceptors (Lipinski definition) is 6. The molecule has 0 amide bonds. The largest absolute Gasteiger partial charge is 0.394 e. The molecular formula is C16H28O6. The molecular weight excluding hydrogens is 288 g/mol. The standard InChI is InChI=1S/C16H28O6/c1-10(2)5-4-6-11(3)7-8-21-16-15(20)14(19)13(18)12(9-17)22-16/h5,7,12-20H,4,6,8-9H2,1-3H3/b11-7-/t12-,13-,14+,15-,16+/m1/s1. The van der Waals surface area contributed by atoms with E-state index in [0.29, 0.717) is 0 Å². The summed E-state index contributed by atoms with van der Waals surface area (Å²) < 4.78 is 10.7. The smallest absolute Gasteiger partial charge is 0.187 e. The first-order valence-electron chi connectivity index (χ1n) is 7.58. The molecule has 0 spiro atoms. The summed E-state index contributed by atoms with van der Waals surface area (Å²) in [6, 6.07) is 0. The molecule has 1 aliphatic heterocycles. The number of aliphatic hydroxyl groups is 4. The van der Waals surface area contributed by atoms with Crippen LogP contribution in [0.5, 0.6) is 0 Å². The first kappa shape index (κ1) is 19.3. The fourth-order valence-electron chi connectivity index (χ4n) is 2.18. The minimum Gasteiger partial charge on any atom is -0.394 e. The van der Waals surface area contributed by atoms with Crippen molar-refractivity contribution in [3.05, 3.63) is 23.3 Å². The van der Waals surface area contributed by atoms with E-state index in [1.54, 1.807) is 0 Å². The summed E-state index contributed by atoms with van der Waals surface area (Å²) in [4.78, 5) is 0. The van der Waals surface area contributed by atoms with Crippen LogP contribution in [0.25, 0.3) is 0 Å². The van der Waals surface area contributed by atoms with Crippen molar-refractivity contribution >= 4 is 0 Å². The van der Waals surface area contributed by atoms with Crippen molar-refractivity contribution in [3.8, 4) is 0 Å². The number of ether oxygens (including phenoxy) is 2. The van der Waals surface area contributed by atoms with Crippen LogP contribution in [0, 0.1) is 0 Å². The van der Waals surface area contributed by atoms with Gasteiger partial charge >= 0.3 is 0 Å². The van der Waals surface area contributed by atoms with Gasteiger partial charge in [-0.1, -0.05) is 23.3 Å². The summed E-state index contributed by atoms with van der Waals surface area (Å²) in [6.45, 7) is 5.88. The molecule has 1 fully saturated rings. The van der Waals surface area contributed by atoms with E-state index >= 15 is 0 Å². The minimum absolute atomic E-state index is 0.226. The summed E-state index contributed by atoms with van der Waals surface area (Å²) in [5, 5.41) is 38.2. The normalized spacial score (nSPS) is 32.9. The monoisotopic (exact) mass is 316 g/mol. The fourth-order valence-corrected chi connectivity index (χ4v) is 2.18. The Morgan fingerprint density at radius 1 is 1.05 bits per heavy atom. The van der Waals surface area contributed by atoms with Crippen molar-refractivity contribution < 1.29 is 29.9 Å². The second-order valence-electron chi connectivity index (χ2n) is 5.90. The Hall–Kier alpha value is -0.760. The quantitative estimate of drug-likeness (QED) is 0.510. The van der Waals surface area contributed by atoms with Crippen molar-refractivity contribution in [2.24, 2.45) is 0 Å². The first-order chi connectivity index (χ1) is 10.4. The van der Waals surface area contributed by atoms with Crippen molar-refractivity contribution in [2.45, 2.75) is 64.3 Å². The molecule has 1 saturated heterocycles. The second-order valence-corrected chi connectivity index (χ2v) is 5.90. The summed E-state index contributed by atoms with van der Waals surface area (Å²) in [6.07, 6.45) is -0.190. The lowest BCUT2D eigenvalue weighted by Gasteiger charge is -2.39. The molecule has 4 N–H and O–H groups in total. The molecule has 22 heavy (non-hydrogen) atoms. The van der Waals surface area contributed by atoms with Gasteiger partial charge in [0, 0.05) is 0 Å². The van der Waals surface area contributed by atoms with Crippen LogP contribution < -0.4 is 0 Å². The Morgan fingerprint density at radius 2 is 1.73 bits per heavy atom. The van der Waals surface area contributed by atoms with Gasteiger partial charge in [-0.25, -0.2) is 0 Å². The Morgan fingerprint density at radius 3 is 2.32 bits per heavy atom. The third-order valence-corrected chi connectivity index (χ3v) is 3.63. The maximum Gasteiger partial charge on any atom is 0.187 e. The van der Waals surface area contributed by atoms with Gasteiger partial charge in [0.1, 0.15) is 24.4 Å². The van der Waals surface area contributed by atoms with Crippen molar-refractivity contribution in [1.82, 2.24) is 0 Å². The molecule has 6 nitrogen and oxygen atoms in total. The predicted molar refractivity (Wildman–Crippen MR) is 82.1 cm³/mol. The van der Waals surface area contributed by atoms with E-state index in [0.717, 1.165) is 18.4 Å². The molecule has 5 atom stereocenters. The van der Waals surface area contributed by atoms with Gasteiger partial charge in [0.05, 0.1) is 13.2 Å². The molecule has 0 aliphatic carbocycles. The Labute approximate surface area is 131 Å². The molecule has 6 heteroatoms. The third kappa shape index (κ3) is 5.79. The van der Waals surface area contributed by atoms with Gasteiger partial charge in [0.25, 0.3) is 0 Å². The van der Waals surface area contributed by atoms with Gasteiger partial charge in [-0.15, -0.1) is 0 Å². The van der Waals surface area contributed by atoms with Crippen LogP contribution in [0.2, 0.25) is 0 Å². The zero-order valence-electron chi connectivity index (χ0n) is 13.5. The van der Waals surface area contributed by atoms with Gasteiger partial charge in [-0.3, -0.25) is 0 Å². The Bertz CT molecular complexity index is 386. The maximum absolute atomic E-state index is 9.82. The third-order valence-electron chi connectivity index (χ3n) is 3.63. The number of allylic oxidation sites excluding steroid dienone is 3. The van der Waals surface area contributed by atoms with E-state index in [4.69, 9.17) is 14.6 Å². The molecule has 0 aromatic carbocycles. The van der Waals surface area contributed by atoms with Crippen LogP contribution in [0.15, 0.2) is 23.3 Å². The number of hydrogen-bond donors (Lipinski definition) is 4. The zero-order valence-corrected chi connectivity index (χ0v) is 13.5. The summed E-state index contributed by atoms with van der Waals surface area (Å²) >= 11 is 0. The molecule has 0 bridgehead atoms. The highest BCUT2D eigenvalue weighted by Crippen LogP contribution is 2.22. The molecule has 0 aromatic heterocycles. The van der Waals surface area contributed by atoms with E-state index < -0.39 is 37.3 Å². The molecule has 0 unspecified atom stereocenters. The fraction of sp³-hybridized carbons (Fsp3) is 0.750. The average Bonchev–Trinajstić information content (AvgIpc) is 2.47. The second kappa shape index (κ2) is 9.39. The molecule has 0 saturated carbocycles. The van der Waals surface area contributed by atoms with Crippen LogP contribution in [-0.4, -0.2) is 64.3 Å². The molecule has 1 rings (SSSR count). The SMILES string of the molecule is CC(C)=CCC/C(C)=C\CO[C@H]1O[C@H](CO)[C@@H](O)[C@H](O)[C@H]1O. The van der Waals surface area contributed by atoms with Crippen LogP contribution in [-0.2, 0) is 9.47 Å². The summed E-state index contributed by atoms with van der Waals surface area (Å²) in [5.74, 6) is 0. The van der Waals surface area contributed by atoms with Gasteiger partial charge in [-0.2, -0.15) is 0 Å². The van der Waals surface area contributed by atoms with Crippen molar-refractivity contribution in [3.63, 3.8) is 0 Å². The van der Waals surface area contributed by atoms with Crippen LogP contribution >= 0.6 is 0 Å². The number of aliphatic hydroxyl groups excluding tert-OH is 4. The maximum atomic E-state index is 9.82. The van der Waals surface area contributed by atoms with Crippen LogP contribution in [0.3, 0.4) is 0 Å². The van der Waals surface area contributed by atoms with E-state index in [2.05, 4.69) is 19.9 Å². The van der Waals surface area contributed by atoms with Crippen LogP contribution in [0.4, 0.5) is 0 Å². The van der Waals surface area contributed by atoms with E-state index in [1.807, 2.05) is 13.0 Å². The topological polar surface area (TPSA) is 99.4 Å². The molecule has 1 aliphatic rings. The summed E-state index contributed by atoms with van der Waals surface area (Å²) in [5.41, 5.74) is 2.44. The molecule has 1 heterocycles. The Balaban J connectivity index is 2.44. The molecule has 0 radical (unpaired) electrons. The highest BCUT2D eigenvalue weighted by atomic mass is 16.7.